The van der Waals surface area contributed by atoms with Crippen molar-refractivity contribution in [3.8, 4) is 21.6 Å². The summed E-state index contributed by atoms with van der Waals surface area (Å²) < 4.78 is 9.49. The van der Waals surface area contributed by atoms with E-state index in [1.165, 1.54) is 11.5 Å². The average Bonchev–Trinajstić information content (AvgIpc) is 3.63. The van der Waals surface area contributed by atoms with Crippen LogP contribution in [0.25, 0.3) is 21.6 Å². The molecule has 1 saturated carbocycles. The van der Waals surface area contributed by atoms with E-state index in [9.17, 15) is 14.7 Å². The van der Waals surface area contributed by atoms with E-state index < -0.39 is 17.5 Å². The Morgan fingerprint density at radius 3 is 2.11 bits per heavy atom. The molecule has 0 saturated heterocycles. The van der Waals surface area contributed by atoms with Gasteiger partial charge in [-0.2, -0.15) is 4.37 Å². The number of carbonyl (C=O) groups is 2. The fourth-order valence-corrected chi connectivity index (χ4v) is 5.01. The van der Waals surface area contributed by atoms with E-state index in [4.69, 9.17) is 16.3 Å². The molecule has 9 heteroatoms. The van der Waals surface area contributed by atoms with E-state index in [1.807, 2.05) is 78.9 Å². The van der Waals surface area contributed by atoms with Crippen molar-refractivity contribution in [3.63, 3.8) is 0 Å². The van der Waals surface area contributed by atoms with E-state index in [0.717, 1.165) is 32.7 Å². The first-order chi connectivity index (χ1) is 17.0. The molecule has 1 heterocycles. The van der Waals surface area contributed by atoms with Gasteiger partial charge in [0.05, 0.1) is 10.8 Å². The van der Waals surface area contributed by atoms with Gasteiger partial charge in [-0.05, 0) is 52.2 Å². The van der Waals surface area contributed by atoms with Gasteiger partial charge in [0.2, 0.25) is 0 Å². The van der Waals surface area contributed by atoms with Crippen LogP contribution in [0.15, 0.2) is 78.9 Å². The van der Waals surface area contributed by atoms with Gasteiger partial charge in [-0.3, -0.25) is 5.32 Å². The second-order valence-corrected chi connectivity index (χ2v) is 9.52. The number of aliphatic carboxylic acids is 1. The van der Waals surface area contributed by atoms with Crippen LogP contribution in [-0.2, 0) is 21.6 Å². The molecular formula is C27H20ClN2NaO4S. The van der Waals surface area contributed by atoms with E-state index in [2.05, 4.69) is 9.69 Å². The topological polar surface area (TPSA) is 91.4 Å². The Labute approximate surface area is 239 Å². The monoisotopic (exact) mass is 526 g/mol. The fraction of sp³-hybridized carbons (Fsp3) is 0.148. The molecule has 1 N–H and O–H groups in total. The molecule has 5 rings (SSSR count). The Hall–Kier alpha value is -2.68. The molecule has 36 heavy (non-hydrogen) atoms. The first-order valence-corrected chi connectivity index (χ1v) is 12.2. The van der Waals surface area contributed by atoms with Crippen LogP contribution in [0, 0.1) is 0 Å². The maximum absolute atomic E-state index is 12.3. The number of carboxylic acids is 1. The van der Waals surface area contributed by atoms with Crippen LogP contribution in [0.1, 0.15) is 24.0 Å². The zero-order valence-corrected chi connectivity index (χ0v) is 23.1. The molecular weight excluding hydrogens is 507 g/mol. The predicted octanol–water partition coefficient (Wildman–Crippen LogP) is 2.66. The molecule has 0 spiro atoms. The van der Waals surface area contributed by atoms with E-state index in [0.29, 0.717) is 18.5 Å². The summed E-state index contributed by atoms with van der Waals surface area (Å²) in [5, 5.41) is 14.4. The molecule has 1 aliphatic carbocycles. The second kappa shape index (κ2) is 11.2. The summed E-state index contributed by atoms with van der Waals surface area (Å²) in [6, 6.07) is 24.7. The SMILES string of the molecule is O=C(Nc1c(Cl)nsc1-c1ccc(-c2ccc(C3(C(=O)[O-])CC3)cc2)cc1)OCc1ccccc1.[Na+]. The zero-order valence-electron chi connectivity index (χ0n) is 19.5. The standard InChI is InChI=1S/C27H21ClN2O4S.Na/c28-24-22(29-26(33)34-16-17-4-2-1-3-5-17)23(35-30-24)20-8-6-18(7-9-20)19-10-12-21(13-11-19)27(14-15-27)25(31)32;/h1-13H,14-16H2,(H,29,33)(H,31,32);/q;+1/p-1. The molecule has 0 aliphatic heterocycles. The molecule has 0 radical (unpaired) electrons. The molecule has 6 nitrogen and oxygen atoms in total. The summed E-state index contributed by atoms with van der Waals surface area (Å²) in [7, 11) is 0. The van der Waals surface area contributed by atoms with Crippen LogP contribution in [0.4, 0.5) is 10.5 Å². The first kappa shape index (κ1) is 26.4. The minimum Gasteiger partial charge on any atom is -0.549 e. The molecule has 1 fully saturated rings. The van der Waals surface area contributed by atoms with Gasteiger partial charge in [-0.15, -0.1) is 0 Å². The van der Waals surface area contributed by atoms with Gasteiger partial charge in [0, 0.05) is 5.41 Å². The predicted molar refractivity (Wildman–Crippen MR) is 134 cm³/mol. The summed E-state index contributed by atoms with van der Waals surface area (Å²) in [5.41, 5.74) is 4.05. The number of ether oxygens (including phenoxy) is 1. The van der Waals surface area contributed by atoms with Crippen molar-refractivity contribution in [1.29, 1.82) is 0 Å². The normalized spacial score (nSPS) is 13.4. The fourth-order valence-electron chi connectivity index (χ4n) is 3.97. The Kier molecular flexibility index (Phi) is 8.17. The number of hydrogen-bond donors (Lipinski definition) is 1. The van der Waals surface area contributed by atoms with Crippen molar-refractivity contribution in [2.45, 2.75) is 24.9 Å². The summed E-state index contributed by atoms with van der Waals surface area (Å²) in [5.74, 6) is -1.01. The van der Waals surface area contributed by atoms with Crippen molar-refractivity contribution in [2.75, 3.05) is 5.32 Å². The number of aromatic nitrogens is 1. The van der Waals surface area contributed by atoms with Crippen molar-refractivity contribution >= 4 is 40.9 Å². The van der Waals surface area contributed by atoms with Crippen LogP contribution in [0.2, 0.25) is 5.15 Å². The third-order valence-electron chi connectivity index (χ3n) is 6.15. The second-order valence-electron chi connectivity index (χ2n) is 8.39. The first-order valence-electron chi connectivity index (χ1n) is 11.0. The molecule has 1 aliphatic rings. The van der Waals surface area contributed by atoms with Gasteiger partial charge in [0.1, 0.15) is 12.3 Å². The van der Waals surface area contributed by atoms with Crippen LogP contribution in [0.5, 0.6) is 0 Å². The Bertz CT molecular complexity index is 1370. The van der Waals surface area contributed by atoms with E-state index in [-0.39, 0.29) is 41.3 Å². The third kappa shape index (κ3) is 5.51. The molecule has 0 unspecified atom stereocenters. The van der Waals surface area contributed by atoms with E-state index in [1.54, 1.807) is 0 Å². The number of carbonyl (C=O) groups excluding carboxylic acids is 2. The van der Waals surface area contributed by atoms with Crippen LogP contribution in [0.3, 0.4) is 0 Å². The number of benzene rings is 3. The van der Waals surface area contributed by atoms with Crippen LogP contribution in [-0.4, -0.2) is 16.4 Å². The Balaban J connectivity index is 0.00000304. The number of carboxylic acid groups (broad SMARTS) is 1. The Morgan fingerprint density at radius 1 is 0.944 bits per heavy atom. The maximum Gasteiger partial charge on any atom is 1.00 e. The van der Waals surface area contributed by atoms with Crippen molar-refractivity contribution < 1.29 is 49.0 Å². The van der Waals surface area contributed by atoms with Gasteiger partial charge < -0.3 is 14.6 Å². The van der Waals surface area contributed by atoms with Crippen LogP contribution < -0.4 is 40.0 Å². The maximum atomic E-state index is 12.3. The molecule has 0 atom stereocenters. The number of nitrogens with zero attached hydrogens (tertiary/aromatic N) is 1. The smallest absolute Gasteiger partial charge is 0.549 e. The minimum atomic E-state index is -1.01. The molecule has 1 amide bonds. The number of anilines is 1. The van der Waals surface area contributed by atoms with Crippen LogP contribution >= 0.6 is 23.1 Å². The molecule has 176 valence electrons. The quantitative estimate of drug-likeness (QED) is 0.374. The largest absolute Gasteiger partial charge is 1.00 e. The van der Waals surface area contributed by atoms with Crippen molar-refractivity contribution in [1.82, 2.24) is 4.37 Å². The number of halogens is 1. The summed E-state index contributed by atoms with van der Waals surface area (Å²) in [6.45, 7) is 0.148. The molecule has 3 aromatic carbocycles. The van der Waals surface area contributed by atoms with Gasteiger partial charge in [0.25, 0.3) is 0 Å². The number of amides is 1. The van der Waals surface area contributed by atoms with E-state index >= 15 is 0 Å². The third-order valence-corrected chi connectivity index (χ3v) is 7.42. The van der Waals surface area contributed by atoms with Crippen molar-refractivity contribution in [3.05, 3.63) is 95.1 Å². The van der Waals surface area contributed by atoms with Gasteiger partial charge in [-0.25, -0.2) is 4.79 Å². The number of rotatable bonds is 7. The molecule has 0 bridgehead atoms. The summed E-state index contributed by atoms with van der Waals surface area (Å²) in [6.07, 6.45) is 0.632. The van der Waals surface area contributed by atoms with Gasteiger partial charge in [-0.1, -0.05) is 90.5 Å². The summed E-state index contributed by atoms with van der Waals surface area (Å²) in [4.78, 5) is 24.5. The zero-order chi connectivity index (χ0) is 24.4. The Morgan fingerprint density at radius 2 is 1.53 bits per heavy atom. The summed E-state index contributed by atoms with van der Waals surface area (Å²) >= 11 is 7.43. The minimum absolute atomic E-state index is 0. The number of hydrogen-bond acceptors (Lipinski definition) is 6. The van der Waals surface area contributed by atoms with Crippen molar-refractivity contribution in [2.24, 2.45) is 0 Å². The average molecular weight is 527 g/mol. The van der Waals surface area contributed by atoms with Gasteiger partial charge >= 0.3 is 35.7 Å². The van der Waals surface area contributed by atoms with Gasteiger partial charge in [0.15, 0.2) is 5.15 Å². The molecule has 1 aromatic heterocycles. The number of nitrogens with one attached hydrogen (secondary N) is 1. The molecule has 4 aromatic rings.